The van der Waals surface area contributed by atoms with Crippen molar-refractivity contribution in [1.29, 1.82) is 0 Å². The van der Waals surface area contributed by atoms with Crippen molar-refractivity contribution in [2.75, 3.05) is 25.1 Å². The number of hydrogen-bond donors (Lipinski definition) is 1. The van der Waals surface area contributed by atoms with E-state index in [1.165, 1.54) is 4.90 Å². The number of rotatable bonds is 7. The summed E-state index contributed by atoms with van der Waals surface area (Å²) in [6.45, 7) is 2.06. The van der Waals surface area contributed by atoms with Crippen molar-refractivity contribution < 1.29 is 14.7 Å². The molecule has 0 aromatic heterocycles. The van der Waals surface area contributed by atoms with Gasteiger partial charge in [-0.1, -0.05) is 0 Å². The van der Waals surface area contributed by atoms with E-state index in [4.69, 9.17) is 5.11 Å². The summed E-state index contributed by atoms with van der Waals surface area (Å²) in [6.07, 6.45) is 3.25. The zero-order valence-corrected chi connectivity index (χ0v) is 9.47. The van der Waals surface area contributed by atoms with Crippen molar-refractivity contribution in [3.8, 4) is 0 Å². The molecule has 0 radical (unpaired) electrons. The van der Waals surface area contributed by atoms with Crippen molar-refractivity contribution in [1.82, 2.24) is 4.90 Å². The standard InChI is InChI=1S/C9H17NO3S/c1-3-10(7-9(12)13)8(11)5-4-6-14-2/h3-7H2,1-2H3,(H,12,13). The van der Waals surface area contributed by atoms with Gasteiger partial charge in [-0.15, -0.1) is 0 Å². The lowest BCUT2D eigenvalue weighted by atomic mass is 10.3. The zero-order chi connectivity index (χ0) is 11.0. The molecule has 0 unspecified atom stereocenters. The summed E-state index contributed by atoms with van der Waals surface area (Å²) in [5, 5.41) is 8.54. The van der Waals surface area contributed by atoms with Gasteiger partial charge in [-0.05, 0) is 25.4 Å². The van der Waals surface area contributed by atoms with Gasteiger partial charge in [0.15, 0.2) is 0 Å². The Bertz CT molecular complexity index is 196. The molecular weight excluding hydrogens is 202 g/mol. The monoisotopic (exact) mass is 219 g/mol. The van der Waals surface area contributed by atoms with Crippen molar-refractivity contribution >= 4 is 23.6 Å². The van der Waals surface area contributed by atoms with Crippen LogP contribution < -0.4 is 0 Å². The van der Waals surface area contributed by atoms with Gasteiger partial charge in [-0.3, -0.25) is 9.59 Å². The molecule has 1 N–H and O–H groups in total. The van der Waals surface area contributed by atoms with Crippen LogP contribution in [-0.2, 0) is 9.59 Å². The van der Waals surface area contributed by atoms with Gasteiger partial charge in [0.05, 0.1) is 0 Å². The third kappa shape index (κ3) is 5.85. The first-order valence-electron chi connectivity index (χ1n) is 4.60. The molecule has 0 aliphatic heterocycles. The number of carbonyl (C=O) groups excluding carboxylic acids is 1. The van der Waals surface area contributed by atoms with E-state index in [9.17, 15) is 9.59 Å². The van der Waals surface area contributed by atoms with Gasteiger partial charge in [-0.25, -0.2) is 0 Å². The second-order valence-electron chi connectivity index (χ2n) is 2.90. The maximum atomic E-state index is 11.4. The summed E-state index contributed by atoms with van der Waals surface area (Å²) in [5.41, 5.74) is 0. The Morgan fingerprint density at radius 3 is 2.50 bits per heavy atom. The SMILES string of the molecule is CCN(CC(=O)O)C(=O)CCCSC. The minimum Gasteiger partial charge on any atom is -0.480 e. The van der Waals surface area contributed by atoms with Crippen molar-refractivity contribution in [3.05, 3.63) is 0 Å². The minimum atomic E-state index is -0.954. The molecule has 14 heavy (non-hydrogen) atoms. The minimum absolute atomic E-state index is 0.0658. The fourth-order valence-electron chi connectivity index (χ4n) is 1.07. The van der Waals surface area contributed by atoms with Gasteiger partial charge in [0, 0.05) is 13.0 Å². The second-order valence-corrected chi connectivity index (χ2v) is 3.88. The summed E-state index contributed by atoms with van der Waals surface area (Å²) >= 11 is 1.69. The number of amides is 1. The Morgan fingerprint density at radius 1 is 1.43 bits per heavy atom. The average Bonchev–Trinajstić information content (AvgIpc) is 2.14. The lowest BCUT2D eigenvalue weighted by Gasteiger charge is -2.18. The van der Waals surface area contributed by atoms with E-state index in [-0.39, 0.29) is 12.5 Å². The normalized spacial score (nSPS) is 9.86. The molecule has 0 bridgehead atoms. The number of carboxylic acids is 1. The molecule has 5 heteroatoms. The van der Waals surface area contributed by atoms with Crippen LogP contribution in [0.1, 0.15) is 19.8 Å². The van der Waals surface area contributed by atoms with Gasteiger partial charge >= 0.3 is 5.97 Å². The molecule has 0 spiro atoms. The predicted molar refractivity (Wildman–Crippen MR) is 57.5 cm³/mol. The Kier molecular flexibility index (Phi) is 7.28. The van der Waals surface area contributed by atoms with Gasteiger partial charge < -0.3 is 10.0 Å². The van der Waals surface area contributed by atoms with Crippen LogP contribution >= 0.6 is 11.8 Å². The van der Waals surface area contributed by atoms with E-state index in [1.54, 1.807) is 18.7 Å². The topological polar surface area (TPSA) is 57.6 Å². The fraction of sp³-hybridized carbons (Fsp3) is 0.778. The van der Waals surface area contributed by atoms with E-state index >= 15 is 0 Å². The lowest BCUT2D eigenvalue weighted by molar-refractivity contribution is -0.144. The highest BCUT2D eigenvalue weighted by Crippen LogP contribution is 2.02. The second kappa shape index (κ2) is 7.67. The molecule has 0 heterocycles. The highest BCUT2D eigenvalue weighted by Gasteiger charge is 2.13. The number of thioether (sulfide) groups is 1. The summed E-state index contributed by atoms with van der Waals surface area (Å²) in [6, 6.07) is 0. The maximum absolute atomic E-state index is 11.4. The molecule has 0 rings (SSSR count). The molecule has 1 amide bonds. The Labute approximate surface area is 88.7 Å². The van der Waals surface area contributed by atoms with E-state index in [0.29, 0.717) is 13.0 Å². The van der Waals surface area contributed by atoms with Crippen molar-refractivity contribution in [2.45, 2.75) is 19.8 Å². The third-order valence-corrected chi connectivity index (χ3v) is 2.50. The van der Waals surface area contributed by atoms with Crippen molar-refractivity contribution in [3.63, 3.8) is 0 Å². The van der Waals surface area contributed by atoms with Crippen LogP contribution in [0.2, 0.25) is 0 Å². The zero-order valence-electron chi connectivity index (χ0n) is 8.65. The van der Waals surface area contributed by atoms with Crippen LogP contribution in [0.25, 0.3) is 0 Å². The van der Waals surface area contributed by atoms with E-state index < -0.39 is 5.97 Å². The number of carboxylic acid groups (broad SMARTS) is 1. The van der Waals surface area contributed by atoms with Crippen LogP contribution in [0.3, 0.4) is 0 Å². The first kappa shape index (κ1) is 13.3. The molecule has 0 saturated carbocycles. The Hall–Kier alpha value is -0.710. The highest BCUT2D eigenvalue weighted by atomic mass is 32.2. The summed E-state index contributed by atoms with van der Waals surface area (Å²) < 4.78 is 0. The highest BCUT2D eigenvalue weighted by molar-refractivity contribution is 7.98. The van der Waals surface area contributed by atoms with Crippen LogP contribution in [0.4, 0.5) is 0 Å². The molecule has 4 nitrogen and oxygen atoms in total. The molecular formula is C9H17NO3S. The molecule has 0 saturated heterocycles. The molecule has 0 aromatic rings. The molecule has 0 aromatic carbocycles. The van der Waals surface area contributed by atoms with E-state index in [1.807, 2.05) is 6.26 Å². The Morgan fingerprint density at radius 2 is 2.07 bits per heavy atom. The van der Waals surface area contributed by atoms with Crippen LogP contribution in [-0.4, -0.2) is 47.0 Å². The van der Waals surface area contributed by atoms with Crippen LogP contribution in [0.5, 0.6) is 0 Å². The lowest BCUT2D eigenvalue weighted by Crippen LogP contribution is -2.35. The summed E-state index contributed by atoms with van der Waals surface area (Å²) in [5.74, 6) is -0.0786. The Balaban J connectivity index is 3.85. The first-order chi connectivity index (χ1) is 6.61. The average molecular weight is 219 g/mol. The molecule has 0 aliphatic rings. The summed E-state index contributed by atoms with van der Waals surface area (Å²) in [7, 11) is 0. The number of hydrogen-bond acceptors (Lipinski definition) is 3. The first-order valence-corrected chi connectivity index (χ1v) is 5.99. The number of nitrogens with zero attached hydrogens (tertiary/aromatic N) is 1. The van der Waals surface area contributed by atoms with Gasteiger partial charge in [0.25, 0.3) is 0 Å². The predicted octanol–water partition coefficient (Wildman–Crippen LogP) is 1.06. The number of carbonyl (C=O) groups is 2. The molecule has 0 atom stereocenters. The molecule has 82 valence electrons. The van der Waals surface area contributed by atoms with E-state index in [2.05, 4.69) is 0 Å². The molecule has 0 aliphatic carbocycles. The summed E-state index contributed by atoms with van der Waals surface area (Å²) in [4.78, 5) is 23.2. The van der Waals surface area contributed by atoms with Gasteiger partial charge in [-0.2, -0.15) is 11.8 Å². The van der Waals surface area contributed by atoms with Gasteiger partial charge in [0.2, 0.25) is 5.91 Å². The largest absolute Gasteiger partial charge is 0.480 e. The quantitative estimate of drug-likeness (QED) is 0.651. The van der Waals surface area contributed by atoms with Crippen LogP contribution in [0, 0.1) is 0 Å². The van der Waals surface area contributed by atoms with E-state index in [0.717, 1.165) is 12.2 Å². The number of likely N-dealkylation sites (N-methyl/N-ethyl adjacent to an activating group) is 1. The van der Waals surface area contributed by atoms with Crippen molar-refractivity contribution in [2.24, 2.45) is 0 Å². The third-order valence-electron chi connectivity index (χ3n) is 1.80. The molecule has 0 fully saturated rings. The smallest absolute Gasteiger partial charge is 0.323 e. The maximum Gasteiger partial charge on any atom is 0.323 e. The van der Waals surface area contributed by atoms with Gasteiger partial charge in [0.1, 0.15) is 6.54 Å². The fourth-order valence-corrected chi connectivity index (χ4v) is 1.50. The van der Waals surface area contributed by atoms with Crippen LogP contribution in [0.15, 0.2) is 0 Å². The number of aliphatic carboxylic acids is 1.